The number of rotatable bonds is 7. The molecule has 0 radical (unpaired) electrons. The molecule has 0 aromatic heterocycles. The summed E-state index contributed by atoms with van der Waals surface area (Å²) in [6.07, 6.45) is 2.03. The number of benzene rings is 1. The van der Waals surface area contributed by atoms with Gasteiger partial charge in [-0.1, -0.05) is 38.1 Å². The first-order valence-corrected chi connectivity index (χ1v) is 6.76. The Morgan fingerprint density at radius 2 is 1.78 bits per heavy atom. The van der Waals surface area contributed by atoms with Crippen LogP contribution in [0.5, 0.6) is 0 Å². The molecule has 0 aliphatic carbocycles. The average Bonchev–Trinajstić information content (AvgIpc) is 2.42. The second kappa shape index (κ2) is 7.88. The van der Waals surface area contributed by atoms with Crippen LogP contribution in [0.2, 0.25) is 0 Å². The van der Waals surface area contributed by atoms with Crippen molar-refractivity contribution >= 4 is 5.91 Å². The molecule has 2 N–H and O–H groups in total. The third-order valence-electron chi connectivity index (χ3n) is 2.99. The molecule has 0 heterocycles. The highest BCUT2D eigenvalue weighted by molar-refractivity contribution is 5.81. The van der Waals surface area contributed by atoms with Gasteiger partial charge >= 0.3 is 0 Å². The highest BCUT2D eigenvalue weighted by Gasteiger charge is 2.10. The van der Waals surface area contributed by atoms with Crippen LogP contribution in [-0.2, 0) is 17.8 Å². The highest BCUT2D eigenvalue weighted by Crippen LogP contribution is 2.05. The summed E-state index contributed by atoms with van der Waals surface area (Å²) in [7, 11) is 0. The van der Waals surface area contributed by atoms with Crippen LogP contribution in [0.15, 0.2) is 24.3 Å². The average molecular weight is 248 g/mol. The van der Waals surface area contributed by atoms with Gasteiger partial charge in [0.05, 0.1) is 6.04 Å². The van der Waals surface area contributed by atoms with E-state index in [9.17, 15) is 4.79 Å². The lowest BCUT2D eigenvalue weighted by Gasteiger charge is -2.13. The van der Waals surface area contributed by atoms with Crippen molar-refractivity contribution in [3.63, 3.8) is 0 Å². The quantitative estimate of drug-likeness (QED) is 0.777. The summed E-state index contributed by atoms with van der Waals surface area (Å²) >= 11 is 0. The Kier molecular flexibility index (Phi) is 6.44. The van der Waals surface area contributed by atoms with E-state index in [1.807, 2.05) is 13.8 Å². The van der Waals surface area contributed by atoms with Crippen LogP contribution >= 0.6 is 0 Å². The van der Waals surface area contributed by atoms with Crippen LogP contribution in [0.25, 0.3) is 0 Å². The molecule has 0 saturated carbocycles. The molecule has 0 aliphatic heterocycles. The Morgan fingerprint density at radius 3 is 2.33 bits per heavy atom. The van der Waals surface area contributed by atoms with Crippen LogP contribution in [-0.4, -0.2) is 18.5 Å². The standard InChI is InChI=1S/C15H24N2O/c1-4-10-16-15(18)12(3)17-11-14-8-6-13(5-2)7-9-14/h6-9,12,17H,4-5,10-11H2,1-3H3,(H,16,18). The Hall–Kier alpha value is -1.35. The molecule has 0 saturated heterocycles. The van der Waals surface area contributed by atoms with E-state index in [0.717, 1.165) is 25.9 Å². The molecule has 1 amide bonds. The van der Waals surface area contributed by atoms with E-state index >= 15 is 0 Å². The van der Waals surface area contributed by atoms with Gasteiger partial charge in [0, 0.05) is 13.1 Å². The number of nitrogens with one attached hydrogen (secondary N) is 2. The Bertz CT molecular complexity index is 359. The molecular formula is C15H24N2O. The first-order chi connectivity index (χ1) is 8.67. The maximum absolute atomic E-state index is 11.6. The number of hydrogen-bond acceptors (Lipinski definition) is 2. The maximum Gasteiger partial charge on any atom is 0.236 e. The van der Waals surface area contributed by atoms with Gasteiger partial charge in [-0.3, -0.25) is 4.79 Å². The number of carbonyl (C=O) groups excluding carboxylic acids is 1. The van der Waals surface area contributed by atoms with Crippen LogP contribution < -0.4 is 10.6 Å². The molecule has 1 unspecified atom stereocenters. The second-order valence-corrected chi connectivity index (χ2v) is 4.56. The van der Waals surface area contributed by atoms with Crippen molar-refractivity contribution in [2.24, 2.45) is 0 Å². The number of amides is 1. The molecule has 3 heteroatoms. The van der Waals surface area contributed by atoms with Crippen molar-refractivity contribution in [2.45, 2.75) is 46.2 Å². The monoisotopic (exact) mass is 248 g/mol. The molecule has 1 aromatic carbocycles. The molecule has 1 atom stereocenters. The number of carbonyl (C=O) groups is 1. The molecule has 0 bridgehead atoms. The van der Waals surface area contributed by atoms with E-state index < -0.39 is 0 Å². The predicted octanol–water partition coefficient (Wildman–Crippen LogP) is 2.25. The van der Waals surface area contributed by atoms with E-state index in [2.05, 4.69) is 41.8 Å². The molecule has 0 aliphatic rings. The molecule has 1 rings (SSSR count). The van der Waals surface area contributed by atoms with Crippen molar-refractivity contribution < 1.29 is 4.79 Å². The van der Waals surface area contributed by atoms with Crippen molar-refractivity contribution in [1.29, 1.82) is 0 Å². The van der Waals surface area contributed by atoms with E-state index in [-0.39, 0.29) is 11.9 Å². The zero-order chi connectivity index (χ0) is 13.4. The summed E-state index contributed by atoms with van der Waals surface area (Å²) < 4.78 is 0. The summed E-state index contributed by atoms with van der Waals surface area (Å²) in [4.78, 5) is 11.6. The Morgan fingerprint density at radius 1 is 1.17 bits per heavy atom. The molecule has 3 nitrogen and oxygen atoms in total. The largest absolute Gasteiger partial charge is 0.355 e. The fourth-order valence-corrected chi connectivity index (χ4v) is 1.66. The Balaban J connectivity index is 2.36. The lowest BCUT2D eigenvalue weighted by Crippen LogP contribution is -2.42. The normalized spacial score (nSPS) is 12.2. The summed E-state index contributed by atoms with van der Waals surface area (Å²) in [6, 6.07) is 8.35. The molecular weight excluding hydrogens is 224 g/mol. The second-order valence-electron chi connectivity index (χ2n) is 4.56. The van der Waals surface area contributed by atoms with Gasteiger partial charge in [-0.05, 0) is 30.9 Å². The van der Waals surface area contributed by atoms with Crippen LogP contribution in [0, 0.1) is 0 Å². The van der Waals surface area contributed by atoms with Crippen LogP contribution in [0.3, 0.4) is 0 Å². The lowest BCUT2D eigenvalue weighted by atomic mass is 10.1. The van der Waals surface area contributed by atoms with E-state index in [1.165, 1.54) is 11.1 Å². The van der Waals surface area contributed by atoms with E-state index in [0.29, 0.717) is 0 Å². The fraction of sp³-hybridized carbons (Fsp3) is 0.533. The third kappa shape index (κ3) is 4.88. The van der Waals surface area contributed by atoms with Gasteiger partial charge in [0.15, 0.2) is 0 Å². The summed E-state index contributed by atoms with van der Waals surface area (Å²) in [5, 5.41) is 6.12. The molecule has 18 heavy (non-hydrogen) atoms. The number of aryl methyl sites for hydroxylation is 1. The fourth-order valence-electron chi connectivity index (χ4n) is 1.66. The van der Waals surface area contributed by atoms with Crippen LogP contribution in [0.4, 0.5) is 0 Å². The number of hydrogen-bond donors (Lipinski definition) is 2. The summed E-state index contributed by atoms with van der Waals surface area (Å²) in [5.74, 6) is 0.0713. The summed E-state index contributed by atoms with van der Waals surface area (Å²) in [5.41, 5.74) is 2.55. The molecule has 1 aromatic rings. The van der Waals surface area contributed by atoms with Gasteiger partial charge in [-0.2, -0.15) is 0 Å². The lowest BCUT2D eigenvalue weighted by molar-refractivity contribution is -0.122. The van der Waals surface area contributed by atoms with Gasteiger partial charge in [-0.25, -0.2) is 0 Å². The molecule has 0 spiro atoms. The van der Waals surface area contributed by atoms with Gasteiger partial charge in [-0.15, -0.1) is 0 Å². The van der Waals surface area contributed by atoms with E-state index in [1.54, 1.807) is 0 Å². The minimum atomic E-state index is -0.151. The topological polar surface area (TPSA) is 41.1 Å². The van der Waals surface area contributed by atoms with Crippen LogP contribution in [0.1, 0.15) is 38.3 Å². The first-order valence-electron chi connectivity index (χ1n) is 6.76. The zero-order valence-electron chi connectivity index (χ0n) is 11.6. The minimum Gasteiger partial charge on any atom is -0.355 e. The minimum absolute atomic E-state index is 0.0713. The Labute approximate surface area is 110 Å². The van der Waals surface area contributed by atoms with Gasteiger partial charge in [0.2, 0.25) is 5.91 Å². The van der Waals surface area contributed by atoms with Gasteiger partial charge in [0.1, 0.15) is 0 Å². The zero-order valence-corrected chi connectivity index (χ0v) is 11.6. The molecule has 0 fully saturated rings. The smallest absolute Gasteiger partial charge is 0.236 e. The summed E-state index contributed by atoms with van der Waals surface area (Å²) in [6.45, 7) is 7.56. The maximum atomic E-state index is 11.6. The highest BCUT2D eigenvalue weighted by atomic mass is 16.2. The van der Waals surface area contributed by atoms with Crippen molar-refractivity contribution in [3.8, 4) is 0 Å². The van der Waals surface area contributed by atoms with Gasteiger partial charge < -0.3 is 10.6 Å². The predicted molar refractivity (Wildman–Crippen MR) is 75.4 cm³/mol. The first kappa shape index (κ1) is 14.7. The van der Waals surface area contributed by atoms with Crippen molar-refractivity contribution in [2.75, 3.05) is 6.54 Å². The van der Waals surface area contributed by atoms with Gasteiger partial charge in [0.25, 0.3) is 0 Å². The van der Waals surface area contributed by atoms with Crippen molar-refractivity contribution in [3.05, 3.63) is 35.4 Å². The molecule has 100 valence electrons. The SMILES string of the molecule is CCCNC(=O)C(C)NCc1ccc(CC)cc1. The third-order valence-corrected chi connectivity index (χ3v) is 2.99. The van der Waals surface area contributed by atoms with Crippen molar-refractivity contribution in [1.82, 2.24) is 10.6 Å². The van der Waals surface area contributed by atoms with E-state index in [4.69, 9.17) is 0 Å².